The standard InChI is InChI=1S/C19H21BrN2O3S/c1-19(2,3)21-18(23)14-4-9-17-13(12-14)10-11-22(17)26(24,25)16-7-5-15(20)6-8-16/h4-9,12H,10-11H2,1-3H3,(H,21,23). The first kappa shape index (κ1) is 18.9. The summed E-state index contributed by atoms with van der Waals surface area (Å²) in [6.07, 6.45) is 0.585. The SMILES string of the molecule is CC(C)(C)NC(=O)c1ccc2c(c1)CCN2S(=O)(=O)c1ccc(Br)cc1. The van der Waals surface area contributed by atoms with Crippen molar-refractivity contribution in [1.82, 2.24) is 5.32 Å². The highest BCUT2D eigenvalue weighted by Crippen LogP contribution is 2.34. The van der Waals surface area contributed by atoms with E-state index in [-0.39, 0.29) is 16.3 Å². The lowest BCUT2D eigenvalue weighted by Gasteiger charge is -2.21. The van der Waals surface area contributed by atoms with Crippen LogP contribution in [-0.2, 0) is 16.4 Å². The van der Waals surface area contributed by atoms with Crippen molar-refractivity contribution in [3.05, 3.63) is 58.1 Å². The molecule has 0 fully saturated rings. The van der Waals surface area contributed by atoms with Crippen LogP contribution < -0.4 is 9.62 Å². The largest absolute Gasteiger partial charge is 0.347 e. The van der Waals surface area contributed by atoms with Gasteiger partial charge in [0.2, 0.25) is 0 Å². The van der Waals surface area contributed by atoms with E-state index in [2.05, 4.69) is 21.2 Å². The van der Waals surface area contributed by atoms with Gasteiger partial charge in [0.25, 0.3) is 15.9 Å². The molecule has 2 aromatic carbocycles. The minimum atomic E-state index is -3.62. The first-order valence-electron chi connectivity index (χ1n) is 8.32. The summed E-state index contributed by atoms with van der Waals surface area (Å²) in [6.45, 7) is 6.14. The quantitative estimate of drug-likeness (QED) is 0.796. The van der Waals surface area contributed by atoms with Gasteiger partial charge < -0.3 is 5.32 Å². The highest BCUT2D eigenvalue weighted by Gasteiger charge is 2.31. The van der Waals surface area contributed by atoms with E-state index in [1.54, 1.807) is 42.5 Å². The summed E-state index contributed by atoms with van der Waals surface area (Å²) in [5, 5.41) is 2.92. The number of nitrogens with zero attached hydrogens (tertiary/aromatic N) is 1. The van der Waals surface area contributed by atoms with Crippen LogP contribution in [0, 0.1) is 0 Å². The van der Waals surface area contributed by atoms with Crippen molar-refractivity contribution in [3.63, 3.8) is 0 Å². The number of hydrogen-bond acceptors (Lipinski definition) is 3. The van der Waals surface area contributed by atoms with Crippen molar-refractivity contribution in [2.45, 2.75) is 37.6 Å². The Morgan fingerprint density at radius 1 is 1.12 bits per heavy atom. The normalized spacial score (nSPS) is 14.2. The lowest BCUT2D eigenvalue weighted by molar-refractivity contribution is 0.0919. The number of anilines is 1. The molecule has 0 unspecified atom stereocenters. The third-order valence-corrected chi connectivity index (χ3v) is 6.44. The number of nitrogens with one attached hydrogen (secondary N) is 1. The number of carbonyl (C=O) groups is 1. The number of hydrogen-bond donors (Lipinski definition) is 1. The molecular formula is C19H21BrN2O3S. The Bertz CT molecular complexity index is 948. The predicted octanol–water partition coefficient (Wildman–Crippen LogP) is 3.73. The third kappa shape index (κ3) is 3.78. The van der Waals surface area contributed by atoms with Crippen molar-refractivity contribution >= 4 is 37.5 Å². The van der Waals surface area contributed by atoms with Crippen molar-refractivity contribution in [3.8, 4) is 0 Å². The van der Waals surface area contributed by atoms with Crippen LogP contribution in [0.5, 0.6) is 0 Å². The van der Waals surface area contributed by atoms with E-state index >= 15 is 0 Å². The molecule has 0 spiro atoms. The van der Waals surface area contributed by atoms with E-state index in [1.807, 2.05) is 20.8 Å². The highest BCUT2D eigenvalue weighted by molar-refractivity contribution is 9.10. The molecule has 1 heterocycles. The summed E-state index contributed by atoms with van der Waals surface area (Å²) in [6, 6.07) is 11.8. The molecule has 0 bridgehead atoms. The first-order valence-corrected chi connectivity index (χ1v) is 10.5. The van der Waals surface area contributed by atoms with E-state index < -0.39 is 10.0 Å². The average Bonchev–Trinajstić information content (AvgIpc) is 2.97. The van der Waals surface area contributed by atoms with Gasteiger partial charge in [-0.2, -0.15) is 0 Å². The smallest absolute Gasteiger partial charge is 0.264 e. The molecule has 3 rings (SSSR count). The predicted molar refractivity (Wildman–Crippen MR) is 106 cm³/mol. The number of fused-ring (bicyclic) bond motifs is 1. The van der Waals surface area contributed by atoms with Crippen molar-refractivity contribution in [1.29, 1.82) is 0 Å². The zero-order valence-electron chi connectivity index (χ0n) is 14.9. The van der Waals surface area contributed by atoms with Crippen LogP contribution in [0.15, 0.2) is 51.8 Å². The monoisotopic (exact) mass is 436 g/mol. The molecule has 0 saturated heterocycles. The van der Waals surface area contributed by atoms with Gasteiger partial charge in [-0.05, 0) is 75.2 Å². The molecule has 0 radical (unpaired) electrons. The molecule has 1 N–H and O–H groups in total. The second-order valence-electron chi connectivity index (χ2n) is 7.33. The summed E-state index contributed by atoms with van der Waals surface area (Å²) in [4.78, 5) is 12.6. The molecule has 7 heteroatoms. The molecule has 2 aromatic rings. The second kappa shape index (κ2) is 6.70. The van der Waals surface area contributed by atoms with Crippen molar-refractivity contribution in [2.24, 2.45) is 0 Å². The molecule has 1 aliphatic rings. The topological polar surface area (TPSA) is 66.5 Å². The zero-order chi connectivity index (χ0) is 19.1. The minimum absolute atomic E-state index is 0.158. The van der Waals surface area contributed by atoms with Crippen molar-refractivity contribution in [2.75, 3.05) is 10.8 Å². The van der Waals surface area contributed by atoms with Gasteiger partial charge in [-0.25, -0.2) is 8.42 Å². The molecule has 0 aliphatic carbocycles. The van der Waals surface area contributed by atoms with Crippen LogP contribution in [0.2, 0.25) is 0 Å². The first-order chi connectivity index (χ1) is 12.1. The van der Waals surface area contributed by atoms with Gasteiger partial charge in [-0.1, -0.05) is 15.9 Å². The fraction of sp³-hybridized carbons (Fsp3) is 0.316. The Kier molecular flexibility index (Phi) is 4.88. The van der Waals surface area contributed by atoms with Gasteiger partial charge in [0.05, 0.1) is 10.6 Å². The molecule has 26 heavy (non-hydrogen) atoms. The summed E-state index contributed by atoms with van der Waals surface area (Å²) >= 11 is 3.32. The maximum Gasteiger partial charge on any atom is 0.264 e. The molecule has 1 aliphatic heterocycles. The molecule has 0 aromatic heterocycles. The number of amides is 1. The van der Waals surface area contributed by atoms with Crippen LogP contribution in [0.3, 0.4) is 0 Å². The van der Waals surface area contributed by atoms with Gasteiger partial charge in [0, 0.05) is 22.1 Å². The van der Waals surface area contributed by atoms with Crippen LogP contribution in [0.4, 0.5) is 5.69 Å². The Morgan fingerprint density at radius 3 is 2.38 bits per heavy atom. The third-order valence-electron chi connectivity index (χ3n) is 4.08. The highest BCUT2D eigenvalue weighted by atomic mass is 79.9. The molecule has 0 saturated carbocycles. The van der Waals surface area contributed by atoms with E-state index in [4.69, 9.17) is 0 Å². The average molecular weight is 437 g/mol. The second-order valence-corrected chi connectivity index (χ2v) is 10.1. The van der Waals surface area contributed by atoms with Gasteiger partial charge in [-0.15, -0.1) is 0 Å². The molecule has 5 nitrogen and oxygen atoms in total. The fourth-order valence-corrected chi connectivity index (χ4v) is 4.68. The van der Waals surface area contributed by atoms with Gasteiger partial charge in [-0.3, -0.25) is 9.10 Å². The van der Waals surface area contributed by atoms with Gasteiger partial charge in [0.1, 0.15) is 0 Å². The van der Waals surface area contributed by atoms with Crippen LogP contribution in [0.25, 0.3) is 0 Å². The number of rotatable bonds is 3. The van der Waals surface area contributed by atoms with Crippen molar-refractivity contribution < 1.29 is 13.2 Å². The molecule has 1 amide bonds. The summed E-state index contributed by atoms with van der Waals surface area (Å²) < 4.78 is 28.1. The fourth-order valence-electron chi connectivity index (χ4n) is 2.91. The summed E-state index contributed by atoms with van der Waals surface area (Å²) in [5.74, 6) is -0.158. The molecular weight excluding hydrogens is 416 g/mol. The van der Waals surface area contributed by atoms with E-state index in [1.165, 1.54) is 4.31 Å². The summed E-state index contributed by atoms with van der Waals surface area (Å²) in [5.41, 5.74) is 1.72. The lowest BCUT2D eigenvalue weighted by atomic mass is 10.1. The van der Waals surface area contributed by atoms with Gasteiger partial charge >= 0.3 is 0 Å². The number of sulfonamides is 1. The number of carbonyl (C=O) groups excluding carboxylic acids is 1. The van der Waals surface area contributed by atoms with Crippen LogP contribution in [-0.4, -0.2) is 26.4 Å². The van der Waals surface area contributed by atoms with E-state index in [0.29, 0.717) is 24.2 Å². The van der Waals surface area contributed by atoms with Crippen LogP contribution >= 0.6 is 15.9 Å². The lowest BCUT2D eigenvalue weighted by Crippen LogP contribution is -2.40. The van der Waals surface area contributed by atoms with E-state index in [9.17, 15) is 13.2 Å². The van der Waals surface area contributed by atoms with E-state index in [0.717, 1.165) is 10.0 Å². The summed E-state index contributed by atoms with van der Waals surface area (Å²) in [7, 11) is -3.62. The Hall–Kier alpha value is -1.86. The zero-order valence-corrected chi connectivity index (χ0v) is 17.3. The molecule has 0 atom stereocenters. The maximum absolute atomic E-state index is 12.9. The van der Waals surface area contributed by atoms with Gasteiger partial charge in [0.15, 0.2) is 0 Å². The number of benzene rings is 2. The Morgan fingerprint density at radius 2 is 1.77 bits per heavy atom. The minimum Gasteiger partial charge on any atom is -0.347 e. The Balaban J connectivity index is 1.91. The van der Waals surface area contributed by atoms with Crippen LogP contribution in [0.1, 0.15) is 36.7 Å². The molecule has 138 valence electrons. The number of halogens is 1. The maximum atomic E-state index is 12.9. The Labute approximate surface area is 162 Å².